The largest absolute Gasteiger partial charge is 0.367 e. The van der Waals surface area contributed by atoms with Crippen molar-refractivity contribution in [2.24, 2.45) is 0 Å². The van der Waals surface area contributed by atoms with E-state index in [1.54, 1.807) is 4.90 Å². The van der Waals surface area contributed by atoms with E-state index in [0.29, 0.717) is 18.5 Å². The summed E-state index contributed by atoms with van der Waals surface area (Å²) in [5, 5.41) is 3.57. The Morgan fingerprint density at radius 2 is 1.81 bits per heavy atom. The lowest BCUT2D eigenvalue weighted by Crippen LogP contribution is -2.54. The Hall–Kier alpha value is -2.40. The highest BCUT2D eigenvalue weighted by Crippen LogP contribution is 2.32. The molecule has 0 aliphatic carbocycles. The number of benzene rings is 1. The predicted molar refractivity (Wildman–Crippen MR) is 106 cm³/mol. The van der Waals surface area contributed by atoms with E-state index < -0.39 is 0 Å². The molecule has 0 saturated carbocycles. The summed E-state index contributed by atoms with van der Waals surface area (Å²) in [6.45, 7) is 6.43. The molecule has 2 aliphatic rings. The topological polar surface area (TPSA) is 48.5 Å². The molecule has 2 aliphatic heterocycles. The first-order valence-corrected chi connectivity index (χ1v) is 9.37. The average molecular weight is 350 g/mol. The monoisotopic (exact) mass is 350 g/mol. The van der Waals surface area contributed by atoms with Crippen LogP contribution in [0.25, 0.3) is 11.1 Å². The zero-order valence-corrected chi connectivity index (χ0v) is 15.7. The fourth-order valence-electron chi connectivity index (χ4n) is 4.13. The maximum absolute atomic E-state index is 11.9. The van der Waals surface area contributed by atoms with Crippen molar-refractivity contribution in [3.05, 3.63) is 42.2 Å². The van der Waals surface area contributed by atoms with Crippen molar-refractivity contribution in [1.29, 1.82) is 0 Å². The third-order valence-electron chi connectivity index (χ3n) is 5.40. The minimum Gasteiger partial charge on any atom is -0.367 e. The lowest BCUT2D eigenvalue weighted by Gasteiger charge is -2.37. The third kappa shape index (κ3) is 3.19. The summed E-state index contributed by atoms with van der Waals surface area (Å²) in [7, 11) is 1.86. The molecule has 1 N–H and O–H groups in total. The number of aromatic nitrogens is 1. The standard InChI is InChI=1S/C21H26N4O/c1-14-12-25(13-15(2)23-14)19-9-18(10-22-11-19)16-4-6-20-17(8-16)5-7-21(26)24(20)3/h4,6,8-11,14-15,23H,5,7,12-13H2,1-3H3. The molecular weight excluding hydrogens is 324 g/mol. The van der Waals surface area contributed by atoms with Crippen molar-refractivity contribution in [3.63, 3.8) is 0 Å². The highest BCUT2D eigenvalue weighted by atomic mass is 16.2. The molecule has 26 heavy (non-hydrogen) atoms. The van der Waals surface area contributed by atoms with Crippen LogP contribution in [0.1, 0.15) is 25.8 Å². The number of aryl methyl sites for hydroxylation is 1. The van der Waals surface area contributed by atoms with Crippen molar-refractivity contribution in [2.75, 3.05) is 29.9 Å². The molecule has 0 bridgehead atoms. The number of anilines is 2. The molecule has 2 atom stereocenters. The molecule has 0 radical (unpaired) electrons. The van der Waals surface area contributed by atoms with E-state index in [1.807, 2.05) is 19.4 Å². The Kier molecular flexibility index (Phi) is 4.41. The summed E-state index contributed by atoms with van der Waals surface area (Å²) >= 11 is 0. The van der Waals surface area contributed by atoms with Crippen LogP contribution in [-0.4, -0.2) is 43.1 Å². The highest BCUT2D eigenvalue weighted by molar-refractivity contribution is 5.96. The van der Waals surface area contributed by atoms with Gasteiger partial charge < -0.3 is 15.1 Å². The van der Waals surface area contributed by atoms with E-state index in [0.717, 1.165) is 36.3 Å². The molecule has 0 spiro atoms. The Morgan fingerprint density at radius 3 is 2.58 bits per heavy atom. The summed E-state index contributed by atoms with van der Waals surface area (Å²) in [4.78, 5) is 20.6. The first kappa shape index (κ1) is 17.0. The van der Waals surface area contributed by atoms with E-state index in [1.165, 1.54) is 11.3 Å². The van der Waals surface area contributed by atoms with Crippen molar-refractivity contribution >= 4 is 17.3 Å². The maximum Gasteiger partial charge on any atom is 0.227 e. The Labute approximate surface area is 155 Å². The molecule has 1 aromatic carbocycles. The summed E-state index contributed by atoms with van der Waals surface area (Å²) < 4.78 is 0. The van der Waals surface area contributed by atoms with Crippen LogP contribution in [0.15, 0.2) is 36.7 Å². The Balaban J connectivity index is 1.64. The van der Waals surface area contributed by atoms with Gasteiger partial charge in [-0.05, 0) is 49.6 Å². The quantitative estimate of drug-likeness (QED) is 0.905. The van der Waals surface area contributed by atoms with Crippen molar-refractivity contribution in [3.8, 4) is 11.1 Å². The number of rotatable bonds is 2. The number of piperazine rings is 1. The fraction of sp³-hybridized carbons (Fsp3) is 0.429. The van der Waals surface area contributed by atoms with Crippen LogP contribution in [-0.2, 0) is 11.2 Å². The lowest BCUT2D eigenvalue weighted by molar-refractivity contribution is -0.118. The second-order valence-electron chi connectivity index (χ2n) is 7.60. The van der Waals surface area contributed by atoms with Crippen molar-refractivity contribution in [1.82, 2.24) is 10.3 Å². The van der Waals surface area contributed by atoms with Gasteiger partial charge in [0.05, 0.1) is 11.9 Å². The van der Waals surface area contributed by atoms with Gasteiger partial charge in [-0.3, -0.25) is 9.78 Å². The molecule has 1 saturated heterocycles. The number of nitrogens with one attached hydrogen (secondary N) is 1. The number of carbonyl (C=O) groups excluding carboxylic acids is 1. The van der Waals surface area contributed by atoms with Crippen LogP contribution in [0.2, 0.25) is 0 Å². The molecule has 3 heterocycles. The molecule has 1 fully saturated rings. The van der Waals surface area contributed by atoms with Gasteiger partial charge in [-0.1, -0.05) is 6.07 Å². The van der Waals surface area contributed by atoms with Crippen LogP contribution < -0.4 is 15.1 Å². The smallest absolute Gasteiger partial charge is 0.227 e. The SMILES string of the molecule is CC1CN(c2cncc(-c3ccc4c(c3)CCC(=O)N4C)c2)CC(C)N1. The summed E-state index contributed by atoms with van der Waals surface area (Å²) in [5.74, 6) is 0.191. The summed E-state index contributed by atoms with van der Waals surface area (Å²) in [6.07, 6.45) is 5.28. The fourth-order valence-corrected chi connectivity index (χ4v) is 4.13. The predicted octanol–water partition coefficient (Wildman–Crippen LogP) is 2.84. The molecular formula is C21H26N4O. The zero-order chi connectivity index (χ0) is 18.3. The normalized spacial score (nSPS) is 23.1. The molecule has 2 aromatic rings. The van der Waals surface area contributed by atoms with Gasteiger partial charge >= 0.3 is 0 Å². The van der Waals surface area contributed by atoms with Crippen LogP contribution in [0.5, 0.6) is 0 Å². The average Bonchev–Trinajstić information content (AvgIpc) is 2.64. The highest BCUT2D eigenvalue weighted by Gasteiger charge is 2.23. The minimum atomic E-state index is 0.191. The molecule has 136 valence electrons. The number of fused-ring (bicyclic) bond motifs is 1. The lowest BCUT2D eigenvalue weighted by atomic mass is 9.96. The van der Waals surface area contributed by atoms with Gasteiger partial charge in [-0.15, -0.1) is 0 Å². The number of amides is 1. The zero-order valence-electron chi connectivity index (χ0n) is 15.7. The number of nitrogens with zero attached hydrogens (tertiary/aromatic N) is 3. The molecule has 5 nitrogen and oxygen atoms in total. The molecule has 5 heteroatoms. The number of carbonyl (C=O) groups is 1. The molecule has 4 rings (SSSR count). The second kappa shape index (κ2) is 6.72. The minimum absolute atomic E-state index is 0.191. The van der Waals surface area contributed by atoms with Crippen LogP contribution in [0, 0.1) is 0 Å². The first-order chi connectivity index (χ1) is 12.5. The third-order valence-corrected chi connectivity index (χ3v) is 5.40. The van der Waals surface area contributed by atoms with Gasteiger partial charge in [-0.2, -0.15) is 0 Å². The van der Waals surface area contributed by atoms with Crippen molar-refractivity contribution in [2.45, 2.75) is 38.8 Å². The number of pyridine rings is 1. The van der Waals surface area contributed by atoms with Gasteiger partial charge in [0.2, 0.25) is 5.91 Å². The van der Waals surface area contributed by atoms with Gasteiger partial charge in [0.1, 0.15) is 0 Å². The second-order valence-corrected chi connectivity index (χ2v) is 7.60. The van der Waals surface area contributed by atoms with Gasteiger partial charge in [0, 0.05) is 56.1 Å². The Bertz CT molecular complexity index is 825. The van der Waals surface area contributed by atoms with Crippen LogP contribution >= 0.6 is 0 Å². The van der Waals surface area contributed by atoms with Gasteiger partial charge in [-0.25, -0.2) is 0 Å². The van der Waals surface area contributed by atoms with Gasteiger partial charge in [0.15, 0.2) is 0 Å². The first-order valence-electron chi connectivity index (χ1n) is 9.37. The summed E-state index contributed by atoms with van der Waals surface area (Å²) in [5.41, 5.74) is 5.73. The van der Waals surface area contributed by atoms with E-state index in [4.69, 9.17) is 0 Å². The number of hydrogen-bond donors (Lipinski definition) is 1. The van der Waals surface area contributed by atoms with Gasteiger partial charge in [0.25, 0.3) is 0 Å². The van der Waals surface area contributed by atoms with Crippen LogP contribution in [0.3, 0.4) is 0 Å². The van der Waals surface area contributed by atoms with E-state index in [9.17, 15) is 4.79 Å². The van der Waals surface area contributed by atoms with E-state index in [-0.39, 0.29) is 5.91 Å². The van der Waals surface area contributed by atoms with E-state index in [2.05, 4.69) is 53.3 Å². The number of hydrogen-bond acceptors (Lipinski definition) is 4. The van der Waals surface area contributed by atoms with E-state index >= 15 is 0 Å². The molecule has 1 amide bonds. The van der Waals surface area contributed by atoms with Crippen LogP contribution in [0.4, 0.5) is 11.4 Å². The molecule has 2 unspecified atom stereocenters. The summed E-state index contributed by atoms with van der Waals surface area (Å²) in [6, 6.07) is 9.54. The van der Waals surface area contributed by atoms with Crippen molar-refractivity contribution < 1.29 is 4.79 Å². The molecule has 1 aromatic heterocycles. The Morgan fingerprint density at radius 1 is 1.04 bits per heavy atom. The maximum atomic E-state index is 11.9.